The van der Waals surface area contributed by atoms with Crippen molar-refractivity contribution in [2.45, 2.75) is 0 Å². The molecule has 0 atom stereocenters. The van der Waals surface area contributed by atoms with Crippen LogP contribution in [0, 0.1) is 21.7 Å². The first-order valence-corrected chi connectivity index (χ1v) is 5.53. The van der Waals surface area contributed by atoms with Crippen molar-refractivity contribution in [1.82, 2.24) is 0 Å². The summed E-state index contributed by atoms with van der Waals surface area (Å²) < 4.78 is 31.5. The summed E-state index contributed by atoms with van der Waals surface area (Å²) in [5, 5.41) is 19.7. The number of carbonyl (C=O) groups is 1. The van der Waals surface area contributed by atoms with Gasteiger partial charge in [0.15, 0.2) is 11.6 Å². The summed E-state index contributed by atoms with van der Waals surface area (Å²) in [7, 11) is 0. The molecule has 21 heavy (non-hydrogen) atoms. The molecule has 0 saturated carbocycles. The predicted octanol–water partition coefficient (Wildman–Crippen LogP) is 3.36. The molecule has 0 fully saturated rings. The Bertz CT molecular complexity index is 732. The zero-order chi connectivity index (χ0) is 15.6. The number of nitrogens with zero attached hydrogens (tertiary/aromatic N) is 1. The van der Waals surface area contributed by atoms with E-state index in [2.05, 4.69) is 0 Å². The summed E-state index contributed by atoms with van der Waals surface area (Å²) in [5.41, 5.74) is -0.851. The number of ether oxygens (including phenoxy) is 1. The van der Waals surface area contributed by atoms with Gasteiger partial charge in [-0.1, -0.05) is 6.07 Å². The monoisotopic (exact) mass is 295 g/mol. The van der Waals surface area contributed by atoms with E-state index in [9.17, 15) is 23.7 Å². The normalized spacial score (nSPS) is 10.2. The number of nitro groups is 1. The van der Waals surface area contributed by atoms with Crippen LogP contribution in [0.4, 0.5) is 14.5 Å². The van der Waals surface area contributed by atoms with E-state index >= 15 is 0 Å². The molecular formula is C13H7F2NO5. The highest BCUT2D eigenvalue weighted by molar-refractivity contribution is 5.88. The van der Waals surface area contributed by atoms with Crippen molar-refractivity contribution in [2.24, 2.45) is 0 Å². The first-order chi connectivity index (χ1) is 9.90. The standard InChI is InChI=1S/C13H7F2NO5/c14-8-2-1-3-10(12(8)15)21-11-6-7(13(17)18)4-5-9(11)16(19)20/h1-6H,(H,17,18). The highest BCUT2D eigenvalue weighted by Crippen LogP contribution is 2.33. The quantitative estimate of drug-likeness (QED) is 0.690. The maximum atomic E-state index is 13.5. The van der Waals surface area contributed by atoms with Crippen molar-refractivity contribution in [3.63, 3.8) is 0 Å². The van der Waals surface area contributed by atoms with Crippen LogP contribution in [0.2, 0.25) is 0 Å². The van der Waals surface area contributed by atoms with Crippen LogP contribution in [0.3, 0.4) is 0 Å². The van der Waals surface area contributed by atoms with Crippen LogP contribution in [0.15, 0.2) is 36.4 Å². The third-order valence-electron chi connectivity index (χ3n) is 2.54. The third kappa shape index (κ3) is 2.94. The number of hydrogen-bond acceptors (Lipinski definition) is 4. The van der Waals surface area contributed by atoms with E-state index in [1.807, 2.05) is 0 Å². The van der Waals surface area contributed by atoms with Gasteiger partial charge in [0.25, 0.3) is 0 Å². The zero-order valence-electron chi connectivity index (χ0n) is 10.2. The molecule has 8 heteroatoms. The summed E-state index contributed by atoms with van der Waals surface area (Å²) in [6.07, 6.45) is 0. The Morgan fingerprint density at radius 2 is 1.90 bits per heavy atom. The fourth-order valence-electron chi connectivity index (χ4n) is 1.56. The number of benzene rings is 2. The number of rotatable bonds is 4. The van der Waals surface area contributed by atoms with Crippen LogP contribution in [-0.4, -0.2) is 16.0 Å². The lowest BCUT2D eigenvalue weighted by Gasteiger charge is -2.08. The molecule has 0 spiro atoms. The minimum atomic E-state index is -1.34. The number of carboxylic acid groups (broad SMARTS) is 1. The fourth-order valence-corrected chi connectivity index (χ4v) is 1.56. The minimum absolute atomic E-state index is 0.285. The van der Waals surface area contributed by atoms with Crippen LogP contribution in [0.25, 0.3) is 0 Å². The molecule has 0 unspecified atom stereocenters. The van der Waals surface area contributed by atoms with Crippen LogP contribution in [-0.2, 0) is 0 Å². The third-order valence-corrected chi connectivity index (χ3v) is 2.54. The number of aromatic carboxylic acids is 1. The maximum Gasteiger partial charge on any atom is 0.335 e. The largest absolute Gasteiger partial charge is 0.478 e. The summed E-state index contributed by atoms with van der Waals surface area (Å²) >= 11 is 0. The second kappa shape index (κ2) is 5.53. The average molecular weight is 295 g/mol. The van der Waals surface area contributed by atoms with Gasteiger partial charge in [-0.05, 0) is 18.2 Å². The van der Waals surface area contributed by atoms with Crippen molar-refractivity contribution in [3.05, 3.63) is 63.7 Å². The molecule has 2 rings (SSSR count). The first kappa shape index (κ1) is 14.4. The van der Waals surface area contributed by atoms with Gasteiger partial charge >= 0.3 is 11.7 Å². The molecule has 0 amide bonds. The summed E-state index contributed by atoms with van der Waals surface area (Å²) in [5.74, 6) is -4.93. The van der Waals surface area contributed by atoms with Gasteiger partial charge in [-0.25, -0.2) is 9.18 Å². The molecule has 0 saturated heterocycles. The second-order valence-corrected chi connectivity index (χ2v) is 3.90. The van der Waals surface area contributed by atoms with Gasteiger partial charge in [0.2, 0.25) is 11.6 Å². The van der Waals surface area contributed by atoms with E-state index in [-0.39, 0.29) is 5.56 Å². The van der Waals surface area contributed by atoms with E-state index in [1.165, 1.54) is 0 Å². The lowest BCUT2D eigenvalue weighted by molar-refractivity contribution is -0.385. The Kier molecular flexibility index (Phi) is 3.79. The van der Waals surface area contributed by atoms with E-state index in [1.54, 1.807) is 0 Å². The van der Waals surface area contributed by atoms with Crippen molar-refractivity contribution >= 4 is 11.7 Å². The highest BCUT2D eigenvalue weighted by atomic mass is 19.2. The summed E-state index contributed by atoms with van der Waals surface area (Å²) in [4.78, 5) is 20.9. The molecule has 1 N–H and O–H groups in total. The Hall–Kier alpha value is -3.03. The molecule has 0 aliphatic rings. The van der Waals surface area contributed by atoms with Crippen LogP contribution >= 0.6 is 0 Å². The number of carboxylic acids is 1. The smallest absolute Gasteiger partial charge is 0.335 e. The molecule has 6 nitrogen and oxygen atoms in total. The average Bonchev–Trinajstić information content (AvgIpc) is 2.43. The van der Waals surface area contributed by atoms with E-state index in [0.717, 1.165) is 36.4 Å². The molecule has 2 aromatic carbocycles. The molecule has 2 aromatic rings. The number of nitro benzene ring substituents is 1. The van der Waals surface area contributed by atoms with Gasteiger partial charge in [-0.2, -0.15) is 4.39 Å². The van der Waals surface area contributed by atoms with E-state index in [0.29, 0.717) is 0 Å². The summed E-state index contributed by atoms with van der Waals surface area (Å²) in [6, 6.07) is 5.86. The molecular weight excluding hydrogens is 288 g/mol. The maximum absolute atomic E-state index is 13.5. The van der Waals surface area contributed by atoms with E-state index in [4.69, 9.17) is 9.84 Å². The summed E-state index contributed by atoms with van der Waals surface area (Å²) in [6.45, 7) is 0. The molecule has 0 aliphatic heterocycles. The first-order valence-electron chi connectivity index (χ1n) is 5.53. The molecule has 0 bridgehead atoms. The zero-order valence-corrected chi connectivity index (χ0v) is 10.2. The predicted molar refractivity (Wildman–Crippen MR) is 66.5 cm³/mol. The number of halogens is 2. The number of hydrogen-bond donors (Lipinski definition) is 1. The Labute approximate surface area is 116 Å². The van der Waals surface area contributed by atoms with Crippen molar-refractivity contribution in [3.8, 4) is 11.5 Å². The van der Waals surface area contributed by atoms with Crippen molar-refractivity contribution in [2.75, 3.05) is 0 Å². The Morgan fingerprint density at radius 1 is 1.19 bits per heavy atom. The topological polar surface area (TPSA) is 89.7 Å². The van der Waals surface area contributed by atoms with Gasteiger partial charge < -0.3 is 9.84 Å². The van der Waals surface area contributed by atoms with Gasteiger partial charge in [0, 0.05) is 12.1 Å². The molecule has 0 aromatic heterocycles. The highest BCUT2D eigenvalue weighted by Gasteiger charge is 2.20. The second-order valence-electron chi connectivity index (χ2n) is 3.90. The minimum Gasteiger partial charge on any atom is -0.478 e. The Balaban J connectivity index is 2.51. The van der Waals surface area contributed by atoms with Gasteiger partial charge in [0.05, 0.1) is 10.5 Å². The molecule has 0 radical (unpaired) electrons. The Morgan fingerprint density at radius 3 is 2.52 bits per heavy atom. The molecule has 0 heterocycles. The van der Waals surface area contributed by atoms with Crippen LogP contribution < -0.4 is 4.74 Å². The molecule has 108 valence electrons. The molecule has 0 aliphatic carbocycles. The lowest BCUT2D eigenvalue weighted by atomic mass is 10.2. The van der Waals surface area contributed by atoms with Crippen molar-refractivity contribution < 1.29 is 28.3 Å². The van der Waals surface area contributed by atoms with Gasteiger partial charge in [-0.3, -0.25) is 10.1 Å². The van der Waals surface area contributed by atoms with Crippen molar-refractivity contribution in [1.29, 1.82) is 0 Å². The SMILES string of the molecule is O=C(O)c1ccc([N+](=O)[O-])c(Oc2cccc(F)c2F)c1. The van der Waals surface area contributed by atoms with E-state index < -0.39 is 39.7 Å². The van der Waals surface area contributed by atoms with Crippen LogP contribution in [0.5, 0.6) is 11.5 Å². The fraction of sp³-hybridized carbons (Fsp3) is 0. The van der Waals surface area contributed by atoms with Crippen LogP contribution in [0.1, 0.15) is 10.4 Å². The lowest BCUT2D eigenvalue weighted by Crippen LogP contribution is -2.00. The van der Waals surface area contributed by atoms with Gasteiger partial charge in [-0.15, -0.1) is 0 Å². The van der Waals surface area contributed by atoms with Gasteiger partial charge in [0.1, 0.15) is 0 Å².